The van der Waals surface area contributed by atoms with Gasteiger partial charge >= 0.3 is 0 Å². The first-order valence-electron chi connectivity index (χ1n) is 47.1. The Labute approximate surface area is 806 Å². The number of methoxy groups -OCH3 is 2. The number of hydrogen-bond donors (Lipinski definition) is 0. The van der Waals surface area contributed by atoms with Crippen LogP contribution in [-0.4, -0.2) is 23.4 Å². The van der Waals surface area contributed by atoms with Crippen molar-refractivity contribution in [3.63, 3.8) is 0 Å². The highest BCUT2D eigenvalue weighted by Crippen LogP contribution is 2.43. The second kappa shape index (κ2) is 43.4. The van der Waals surface area contributed by atoms with Crippen molar-refractivity contribution in [3.05, 3.63) is 504 Å². The van der Waals surface area contributed by atoms with E-state index >= 15 is 0 Å². The van der Waals surface area contributed by atoms with Gasteiger partial charge in [0.2, 0.25) is 0 Å². The minimum atomic E-state index is 0.154. The molecule has 20 rings (SSSR count). The Morgan fingerprint density at radius 3 is 0.588 bits per heavy atom. The summed E-state index contributed by atoms with van der Waals surface area (Å²) in [5, 5.41) is 5.28. The molecule has 0 fully saturated rings. The minimum absolute atomic E-state index is 0.154. The lowest BCUT2D eigenvalue weighted by atomic mass is 9.86. The van der Waals surface area contributed by atoms with Crippen LogP contribution in [0.25, 0.3) is 55.0 Å². The summed E-state index contributed by atoms with van der Waals surface area (Å²) in [7, 11) is 3.35. The molecule has 0 aliphatic rings. The monoisotopic (exact) mass is 1780 g/mol. The Balaban J connectivity index is 0.000000124. The molecule has 8 heteroatoms. The van der Waals surface area contributed by atoms with Crippen LogP contribution in [0.3, 0.4) is 0 Å². The van der Waals surface area contributed by atoms with E-state index in [-0.39, 0.29) is 10.8 Å². The standard InChI is InChI=1S/C27H33N.C21H21NO2.C21H19N.C21H21N.C19H15N.C19H17N/c1-20-8-14-23(15-9-20)28(24-16-10-21(11-17-24)26(2,3)4)25-18-12-22(13-19-25)27(5,6)7;1-16-4-6-17(7-5-16)22(18-8-12-20(23-2)13-9-18)19-10-14-21(24-3)15-11-19;1-14-4-8-17(9-5-14)22-20-10-6-15(2)12-18(20)19-13-16(3)7-11-21(19)22;1-16-4-10-19(11-5-16)22(20-12-6-17(2)7-13-20)21-14-8-18(3)9-15-21;1-14-10-12-15(13-11-14)20-18-8-4-2-6-16(18)17-7-3-5-9-19(17)20;1-16-12-14-19(15-13-16)20(17-8-4-2-5-9-17)18-10-6-3-7-11-18/h8-19H,1-7H3;4-15H,1-3H3;4-13H,1-3H3;4-15H,1-3H3;2-13H,1H3;2-15H,1H3. The SMILES string of the molecule is COc1ccc(N(c2ccc(C)cc2)c2ccc(OC)cc2)cc1.Cc1ccc(-n2c3ccc(C)cc3c3cc(C)ccc32)cc1.Cc1ccc(-n2c3ccccc3c3ccccc32)cc1.Cc1ccc(N(c2ccc(C(C)(C)C)cc2)c2ccc(C(C)(C)C)cc2)cc1.Cc1ccc(N(c2ccc(C)cc2)c2ccc(C)cc2)cc1.Cc1ccc(N(c2ccccc2)c2ccccc2)cc1. The predicted octanol–water partition coefficient (Wildman–Crippen LogP) is 35.9. The van der Waals surface area contributed by atoms with Crippen LogP contribution in [0.5, 0.6) is 11.5 Å². The van der Waals surface area contributed by atoms with Crippen molar-refractivity contribution in [2.45, 2.75) is 122 Å². The molecule has 0 spiro atoms. The molecule has 0 saturated heterocycles. The second-order valence-electron chi connectivity index (χ2n) is 37.4. The van der Waals surface area contributed by atoms with Crippen molar-refractivity contribution < 1.29 is 9.47 Å². The number of benzene rings is 18. The van der Waals surface area contributed by atoms with Gasteiger partial charge in [-0.3, -0.25) is 0 Å². The minimum Gasteiger partial charge on any atom is -0.497 e. The summed E-state index contributed by atoms with van der Waals surface area (Å²) < 4.78 is 15.2. The smallest absolute Gasteiger partial charge is 0.119 e. The molecular weight excluding hydrogens is 1650 g/mol. The van der Waals surface area contributed by atoms with Gasteiger partial charge in [-0.1, -0.05) is 303 Å². The van der Waals surface area contributed by atoms with E-state index in [2.05, 4.69) is 540 Å². The number of fused-ring (bicyclic) bond motifs is 6. The van der Waals surface area contributed by atoms with E-state index in [1.54, 1.807) is 14.2 Å². The quantitative estimate of drug-likeness (QED) is 0.0960. The average Bonchev–Trinajstić information content (AvgIpc) is 1.60. The summed E-state index contributed by atoms with van der Waals surface area (Å²) in [4.78, 5) is 9.09. The second-order valence-corrected chi connectivity index (χ2v) is 37.4. The van der Waals surface area contributed by atoms with Gasteiger partial charge in [-0.15, -0.1) is 0 Å². The maximum absolute atomic E-state index is 5.27. The van der Waals surface area contributed by atoms with Gasteiger partial charge in [0.05, 0.1) is 36.3 Å². The van der Waals surface area contributed by atoms with E-state index in [4.69, 9.17) is 9.47 Å². The van der Waals surface area contributed by atoms with Crippen molar-refractivity contribution in [1.29, 1.82) is 0 Å². The predicted molar refractivity (Wildman–Crippen MR) is 584 cm³/mol. The molecule has 2 aromatic heterocycles. The van der Waals surface area contributed by atoms with E-state index in [9.17, 15) is 0 Å². The van der Waals surface area contributed by atoms with Gasteiger partial charge in [0.15, 0.2) is 0 Å². The summed E-state index contributed by atoms with van der Waals surface area (Å²) in [6.07, 6.45) is 0. The maximum atomic E-state index is 5.27. The molecule has 680 valence electrons. The van der Waals surface area contributed by atoms with Crippen LogP contribution >= 0.6 is 0 Å². The molecule has 2 heterocycles. The molecule has 20 aromatic rings. The van der Waals surface area contributed by atoms with Gasteiger partial charge in [0.25, 0.3) is 0 Å². The summed E-state index contributed by atoms with van der Waals surface area (Å²) in [6.45, 7) is 34.8. The fourth-order valence-electron chi connectivity index (χ4n) is 16.9. The molecular formula is C128H126N6O2. The first-order valence-corrected chi connectivity index (χ1v) is 47.1. The normalized spacial score (nSPS) is 11.0. The average molecular weight is 1780 g/mol. The van der Waals surface area contributed by atoms with Gasteiger partial charge in [0.1, 0.15) is 11.5 Å². The van der Waals surface area contributed by atoms with Gasteiger partial charge in [-0.05, 0) is 322 Å². The third kappa shape index (κ3) is 23.3. The molecule has 0 unspecified atom stereocenters. The summed E-state index contributed by atoms with van der Waals surface area (Å²) in [6, 6.07) is 155. The fourth-order valence-corrected chi connectivity index (χ4v) is 16.9. The number of ether oxygens (including phenoxy) is 2. The maximum Gasteiger partial charge on any atom is 0.119 e. The third-order valence-electron chi connectivity index (χ3n) is 24.7. The van der Waals surface area contributed by atoms with Gasteiger partial charge < -0.3 is 38.2 Å². The molecule has 0 aliphatic carbocycles. The van der Waals surface area contributed by atoms with Gasteiger partial charge in [-0.25, -0.2) is 0 Å². The number of anilines is 12. The lowest BCUT2D eigenvalue weighted by Gasteiger charge is -2.28. The van der Waals surface area contributed by atoms with Crippen LogP contribution in [0.4, 0.5) is 68.2 Å². The third-order valence-corrected chi connectivity index (χ3v) is 24.7. The molecule has 0 saturated carbocycles. The largest absolute Gasteiger partial charge is 0.497 e. The van der Waals surface area contributed by atoms with Crippen LogP contribution in [0.15, 0.2) is 437 Å². The van der Waals surface area contributed by atoms with Gasteiger partial charge in [-0.2, -0.15) is 0 Å². The molecule has 0 bridgehead atoms. The summed E-state index contributed by atoms with van der Waals surface area (Å²) >= 11 is 0. The number of aromatic nitrogens is 2. The zero-order valence-corrected chi connectivity index (χ0v) is 82.1. The highest BCUT2D eigenvalue weighted by Gasteiger charge is 2.22. The molecule has 0 amide bonds. The van der Waals surface area contributed by atoms with E-state index in [0.717, 1.165) is 28.6 Å². The Hall–Kier alpha value is -15.6. The molecule has 0 atom stereocenters. The number of rotatable bonds is 16. The lowest BCUT2D eigenvalue weighted by Crippen LogP contribution is -2.14. The highest BCUT2D eigenvalue weighted by molar-refractivity contribution is 6.10. The van der Waals surface area contributed by atoms with Gasteiger partial charge in [0, 0.05) is 101 Å². The van der Waals surface area contributed by atoms with Crippen molar-refractivity contribution in [1.82, 2.24) is 9.13 Å². The lowest BCUT2D eigenvalue weighted by molar-refractivity contribution is 0.415. The number of nitrogens with zero attached hydrogens (tertiary/aromatic N) is 6. The van der Waals surface area contributed by atoms with E-state index in [1.165, 1.54) is 173 Å². The van der Waals surface area contributed by atoms with Crippen molar-refractivity contribution in [3.8, 4) is 22.9 Å². The van der Waals surface area contributed by atoms with Crippen molar-refractivity contribution >= 4 is 112 Å². The summed E-state index contributed by atoms with van der Waals surface area (Å²) in [5.41, 5.74) is 37.1. The molecule has 136 heavy (non-hydrogen) atoms. The fraction of sp³-hybridized carbons (Fsp3) is 0.156. The van der Waals surface area contributed by atoms with Crippen LogP contribution < -0.4 is 29.1 Å². The molecule has 0 radical (unpaired) electrons. The van der Waals surface area contributed by atoms with E-state index < -0.39 is 0 Å². The number of para-hydroxylation sites is 4. The van der Waals surface area contributed by atoms with E-state index in [0.29, 0.717) is 0 Å². The molecule has 8 nitrogen and oxygen atoms in total. The Bertz CT molecular complexity index is 6880. The van der Waals surface area contributed by atoms with Crippen LogP contribution in [0.2, 0.25) is 0 Å². The number of aryl methyl sites for hydroxylation is 10. The first-order chi connectivity index (χ1) is 65.7. The first kappa shape index (κ1) is 95.0. The Kier molecular flexibility index (Phi) is 30.3. The summed E-state index contributed by atoms with van der Waals surface area (Å²) in [5.74, 6) is 1.69. The molecule has 0 N–H and O–H groups in total. The van der Waals surface area contributed by atoms with E-state index in [1.807, 2.05) is 36.4 Å². The zero-order valence-electron chi connectivity index (χ0n) is 82.1. The van der Waals surface area contributed by atoms with Crippen molar-refractivity contribution in [2.75, 3.05) is 33.8 Å². The van der Waals surface area contributed by atoms with Crippen LogP contribution in [0.1, 0.15) is 108 Å². The zero-order chi connectivity index (χ0) is 95.6. The molecule has 18 aromatic carbocycles. The Morgan fingerprint density at radius 2 is 0.360 bits per heavy atom. The highest BCUT2D eigenvalue weighted by atomic mass is 16.5. The number of hydrogen-bond acceptors (Lipinski definition) is 6. The Morgan fingerprint density at radius 1 is 0.176 bits per heavy atom. The van der Waals surface area contributed by atoms with Crippen molar-refractivity contribution in [2.24, 2.45) is 0 Å². The van der Waals surface area contributed by atoms with Crippen LogP contribution in [0, 0.1) is 69.2 Å². The van der Waals surface area contributed by atoms with Crippen LogP contribution in [-0.2, 0) is 10.8 Å². The molecule has 0 aliphatic heterocycles. The topological polar surface area (TPSA) is 41.3 Å².